The van der Waals surface area contributed by atoms with E-state index in [0.717, 1.165) is 38.8 Å². The number of carbonyl (C=O) groups excluding carboxylic acids is 2. The third-order valence-electron chi connectivity index (χ3n) is 12.9. The van der Waals surface area contributed by atoms with Gasteiger partial charge in [-0.15, -0.1) is 0 Å². The predicted molar refractivity (Wildman–Crippen MR) is 164 cm³/mol. The number of thiocarbonyl (C=S) groups is 1. The van der Waals surface area contributed by atoms with Gasteiger partial charge in [-0.25, -0.2) is 0 Å². The van der Waals surface area contributed by atoms with Gasteiger partial charge in [-0.05, 0) is 112 Å². The highest BCUT2D eigenvalue weighted by molar-refractivity contribution is 7.80. The van der Waals surface area contributed by atoms with Crippen LogP contribution in [0.1, 0.15) is 123 Å². The van der Waals surface area contributed by atoms with Gasteiger partial charge in [0.15, 0.2) is 5.11 Å². The molecule has 5 fully saturated rings. The van der Waals surface area contributed by atoms with Crippen molar-refractivity contribution in [2.24, 2.45) is 39.9 Å². The Kier molecular flexibility index (Phi) is 8.13. The van der Waals surface area contributed by atoms with Gasteiger partial charge in [0.2, 0.25) is 11.8 Å². The molecule has 0 bridgehead atoms. The lowest BCUT2D eigenvalue weighted by atomic mass is 9.41. The third-order valence-corrected chi connectivity index (χ3v) is 13.3. The van der Waals surface area contributed by atoms with Crippen LogP contribution >= 0.6 is 12.2 Å². The van der Waals surface area contributed by atoms with E-state index in [1.807, 2.05) is 0 Å². The van der Waals surface area contributed by atoms with Crippen LogP contribution in [0.25, 0.3) is 0 Å². The molecule has 1 unspecified atom stereocenters. The number of fused-ring (bicyclic) bond motifs is 5. The molecule has 0 aromatic heterocycles. The lowest BCUT2D eigenvalue weighted by molar-refractivity contribution is -0.176. The number of nitrogens with one attached hydrogen (secondary N) is 2. The smallest absolute Gasteiger partial charge is 0.243 e. The zero-order valence-electron chi connectivity index (χ0n) is 25.1. The largest absolute Gasteiger partial charge is 0.362 e. The molecule has 6 rings (SSSR count). The molecule has 6 aliphatic rings. The van der Waals surface area contributed by atoms with Gasteiger partial charge in [0.05, 0.1) is 5.41 Å². The maximum Gasteiger partial charge on any atom is 0.243 e. The van der Waals surface area contributed by atoms with Gasteiger partial charge in [-0.2, -0.15) is 0 Å². The van der Waals surface area contributed by atoms with Crippen LogP contribution in [0.4, 0.5) is 0 Å². The van der Waals surface area contributed by atoms with E-state index in [-0.39, 0.29) is 28.7 Å². The Morgan fingerprint density at radius 1 is 0.900 bits per heavy atom. The fourth-order valence-electron chi connectivity index (χ4n) is 10.7. The van der Waals surface area contributed by atoms with E-state index >= 15 is 4.79 Å². The highest BCUT2D eigenvalue weighted by Crippen LogP contribution is 2.69. The molecule has 0 spiro atoms. The predicted octanol–water partition coefficient (Wildman–Crippen LogP) is 6.91. The third kappa shape index (κ3) is 4.96. The van der Waals surface area contributed by atoms with Crippen LogP contribution in [0.2, 0.25) is 0 Å². The van der Waals surface area contributed by atoms with Crippen molar-refractivity contribution in [1.82, 2.24) is 15.5 Å². The van der Waals surface area contributed by atoms with E-state index < -0.39 is 5.41 Å². The van der Waals surface area contributed by atoms with E-state index in [0.29, 0.717) is 28.8 Å². The minimum Gasteiger partial charge on any atom is -0.362 e. The molecule has 0 saturated heterocycles. The first-order valence-corrected chi connectivity index (χ1v) is 17.3. The number of carbonyl (C=O) groups is 2. The highest BCUT2D eigenvalue weighted by Gasteiger charge is 2.68. The Morgan fingerprint density at radius 2 is 1.60 bits per heavy atom. The molecule has 0 aromatic carbocycles. The highest BCUT2D eigenvalue weighted by atomic mass is 32.1. The van der Waals surface area contributed by atoms with Gasteiger partial charge in [0, 0.05) is 24.5 Å². The first-order valence-electron chi connectivity index (χ1n) is 16.9. The number of amides is 2. The molecule has 5 aliphatic carbocycles. The van der Waals surface area contributed by atoms with Crippen LogP contribution in [0.5, 0.6) is 0 Å². The van der Waals surface area contributed by atoms with Crippen LogP contribution in [0.3, 0.4) is 0 Å². The summed E-state index contributed by atoms with van der Waals surface area (Å²) in [7, 11) is 0. The summed E-state index contributed by atoms with van der Waals surface area (Å²) in [5.41, 5.74) is -0.379. The van der Waals surface area contributed by atoms with E-state index in [1.54, 1.807) is 6.08 Å². The second kappa shape index (κ2) is 11.3. The van der Waals surface area contributed by atoms with Gasteiger partial charge in [-0.3, -0.25) is 14.5 Å². The number of hydrogen-bond donors (Lipinski definition) is 2. The minimum absolute atomic E-state index is 0.0230. The first kappa shape index (κ1) is 28.7. The normalized spacial score (nSPS) is 40.0. The van der Waals surface area contributed by atoms with Crippen molar-refractivity contribution in [3.05, 3.63) is 12.2 Å². The summed E-state index contributed by atoms with van der Waals surface area (Å²) < 4.78 is 0. The topological polar surface area (TPSA) is 61.4 Å². The van der Waals surface area contributed by atoms with E-state index in [9.17, 15) is 4.79 Å². The fourth-order valence-corrected chi connectivity index (χ4v) is 11.0. The van der Waals surface area contributed by atoms with Crippen LogP contribution in [-0.4, -0.2) is 41.0 Å². The molecule has 5 nitrogen and oxygen atoms in total. The second-order valence-corrected chi connectivity index (χ2v) is 15.5. The Bertz CT molecular complexity index is 1020. The van der Waals surface area contributed by atoms with Gasteiger partial charge in [0.1, 0.15) is 0 Å². The standard InChI is InChI=1S/C34H53N3O2S/c1-32-18-9-14-26(32)34(21-16-28-33(2,27(34)15-19-32)20-17-29(38)36-28)30(39)37(23-25-12-7-4-8-13-25)31(40)35-22-24-10-5-3-6-11-24/h17,20,24-28H,3-16,18-19,21-23H2,1-2H3,(H,35,40)(H,36,38)/t26-,27+,28?,32+,33-,34-/m1/s1. The van der Waals surface area contributed by atoms with Crippen molar-refractivity contribution in [1.29, 1.82) is 0 Å². The molecule has 1 heterocycles. The summed E-state index contributed by atoms with van der Waals surface area (Å²) in [5.74, 6) is 2.19. The zero-order chi connectivity index (χ0) is 28.0. The van der Waals surface area contributed by atoms with E-state index in [1.165, 1.54) is 83.5 Å². The van der Waals surface area contributed by atoms with Crippen molar-refractivity contribution < 1.29 is 9.59 Å². The summed E-state index contributed by atoms with van der Waals surface area (Å²) >= 11 is 6.18. The van der Waals surface area contributed by atoms with E-state index in [2.05, 4.69) is 35.5 Å². The van der Waals surface area contributed by atoms with Gasteiger partial charge in [-0.1, -0.05) is 64.9 Å². The number of nitrogens with zero attached hydrogens (tertiary/aromatic N) is 1. The maximum atomic E-state index is 15.5. The monoisotopic (exact) mass is 567 g/mol. The molecule has 6 atom stereocenters. The van der Waals surface area contributed by atoms with Gasteiger partial charge in [0.25, 0.3) is 0 Å². The Morgan fingerprint density at radius 3 is 2.33 bits per heavy atom. The molecular weight excluding hydrogens is 514 g/mol. The Labute approximate surface area is 248 Å². The van der Waals surface area contributed by atoms with Gasteiger partial charge < -0.3 is 10.6 Å². The average molecular weight is 568 g/mol. The van der Waals surface area contributed by atoms with Crippen LogP contribution in [-0.2, 0) is 9.59 Å². The molecule has 0 aromatic rings. The zero-order valence-corrected chi connectivity index (χ0v) is 26.0. The molecule has 222 valence electrons. The molecule has 5 saturated carbocycles. The van der Waals surface area contributed by atoms with E-state index in [4.69, 9.17) is 12.2 Å². The minimum atomic E-state index is -0.410. The second-order valence-electron chi connectivity index (χ2n) is 15.1. The molecule has 6 heteroatoms. The summed E-state index contributed by atoms with van der Waals surface area (Å²) in [6, 6.07) is 0.116. The average Bonchev–Trinajstić information content (AvgIpc) is 3.38. The van der Waals surface area contributed by atoms with Crippen molar-refractivity contribution in [2.45, 2.75) is 129 Å². The van der Waals surface area contributed by atoms with Crippen molar-refractivity contribution in [2.75, 3.05) is 13.1 Å². The lowest BCUT2D eigenvalue weighted by Gasteiger charge is -2.64. The summed E-state index contributed by atoms with van der Waals surface area (Å²) in [4.78, 5) is 30.0. The number of rotatable bonds is 5. The fraction of sp³-hybridized carbons (Fsp3) is 0.853. The quantitative estimate of drug-likeness (QED) is 0.355. The maximum absolute atomic E-state index is 15.5. The van der Waals surface area contributed by atoms with Crippen LogP contribution in [0.15, 0.2) is 12.2 Å². The molecule has 0 radical (unpaired) electrons. The summed E-state index contributed by atoms with van der Waals surface area (Å²) in [5, 5.41) is 7.66. The molecular formula is C34H53N3O2S. The van der Waals surface area contributed by atoms with Crippen molar-refractivity contribution in [3.8, 4) is 0 Å². The molecule has 2 amide bonds. The molecule has 2 N–H and O–H groups in total. The molecule has 40 heavy (non-hydrogen) atoms. The Hall–Kier alpha value is -1.43. The Balaban J connectivity index is 1.35. The first-order chi connectivity index (χ1) is 19.3. The molecule has 1 aliphatic heterocycles. The van der Waals surface area contributed by atoms with Crippen molar-refractivity contribution in [3.63, 3.8) is 0 Å². The van der Waals surface area contributed by atoms with Crippen LogP contribution < -0.4 is 10.6 Å². The van der Waals surface area contributed by atoms with Gasteiger partial charge >= 0.3 is 0 Å². The SMILES string of the molecule is C[C@@]12CCC[C@H]1[C@]1(C(=O)N(CC3CCCCC3)C(=S)NCC3CCCCC3)CCC3NC(=O)C=C[C@]3(C)[C@@H]1CC2. The lowest BCUT2D eigenvalue weighted by Crippen LogP contribution is -2.68. The van der Waals surface area contributed by atoms with Crippen molar-refractivity contribution >= 4 is 29.1 Å². The summed E-state index contributed by atoms with van der Waals surface area (Å²) in [6.45, 7) is 6.50. The number of hydrogen-bond acceptors (Lipinski definition) is 3. The van der Waals surface area contributed by atoms with Crippen LogP contribution in [0, 0.1) is 39.9 Å². The summed E-state index contributed by atoms with van der Waals surface area (Å²) in [6.07, 6.45) is 24.4.